The van der Waals surface area contributed by atoms with E-state index in [0.29, 0.717) is 35.6 Å². The monoisotopic (exact) mass is 593 g/mol. The Labute approximate surface area is 255 Å². The Balaban J connectivity index is 1.61. The van der Waals surface area contributed by atoms with Gasteiger partial charge in [0.05, 0.1) is 11.6 Å². The van der Waals surface area contributed by atoms with Crippen molar-refractivity contribution in [2.45, 2.75) is 32.2 Å². The van der Waals surface area contributed by atoms with E-state index < -0.39 is 30.2 Å². The minimum atomic E-state index is -3.31. The number of para-hydroxylation sites is 2. The number of hydrogen-bond donors (Lipinski definition) is 1. The van der Waals surface area contributed by atoms with Gasteiger partial charge < -0.3 is 15.1 Å². The summed E-state index contributed by atoms with van der Waals surface area (Å²) in [6, 6.07) is 23.9. The molecule has 6 nitrogen and oxygen atoms in total. The summed E-state index contributed by atoms with van der Waals surface area (Å²) in [4.78, 5) is 42.6. The molecule has 2 amide bonds. The highest BCUT2D eigenvalue weighted by Crippen LogP contribution is 2.45. The molecule has 3 aromatic carbocycles. The van der Waals surface area contributed by atoms with Gasteiger partial charge in [0.1, 0.15) is 5.94 Å². The molecule has 1 aliphatic carbocycles. The van der Waals surface area contributed by atoms with E-state index in [4.69, 9.17) is 0 Å². The van der Waals surface area contributed by atoms with Crippen LogP contribution < -0.4 is 10.2 Å². The first-order valence-corrected chi connectivity index (χ1v) is 14.6. The highest BCUT2D eigenvalue weighted by atomic mass is 19.3. The highest BCUT2D eigenvalue weighted by molar-refractivity contribution is 6.15. The second-order valence-electron chi connectivity index (χ2n) is 10.5. The number of fused-ring (bicyclic) bond motifs is 1. The van der Waals surface area contributed by atoms with Crippen LogP contribution in [0.1, 0.15) is 31.4 Å². The van der Waals surface area contributed by atoms with Crippen LogP contribution in [0.4, 0.5) is 20.2 Å². The third-order valence-electron chi connectivity index (χ3n) is 7.97. The van der Waals surface area contributed by atoms with Crippen LogP contribution >= 0.6 is 0 Å². The molecule has 0 saturated heterocycles. The normalized spacial score (nSPS) is 18.4. The molecule has 3 aromatic rings. The lowest BCUT2D eigenvalue weighted by molar-refractivity contribution is -0.125. The van der Waals surface area contributed by atoms with Gasteiger partial charge in [0.15, 0.2) is 0 Å². The molecule has 0 bridgehead atoms. The summed E-state index contributed by atoms with van der Waals surface area (Å²) in [5.41, 5.74) is 2.31. The summed E-state index contributed by atoms with van der Waals surface area (Å²) in [6.45, 7) is 4.28. The number of anilines is 2. The summed E-state index contributed by atoms with van der Waals surface area (Å²) in [5.74, 6) is -2.14. The number of likely N-dealkylation sites (N-methyl/N-ethyl adjacent to an activating group) is 1. The summed E-state index contributed by atoms with van der Waals surface area (Å²) in [6.07, 6.45) is 3.78. The molecule has 1 unspecified atom stereocenters. The van der Waals surface area contributed by atoms with Gasteiger partial charge in [-0.3, -0.25) is 9.59 Å². The Morgan fingerprint density at radius 3 is 2.27 bits per heavy atom. The standard InChI is InChI=1S/C36H33F2N3O3/c1-3-40(4-2)33(43)23-30-27-17-11-12-18-31(27)41(22-21-36(30,37)38)32-20-19-28(35(44)39-26-15-9-6-10-16-26)34(29(32)24-42)25-13-7-5-8-14-25/h5-20,23,32H,3-4,21-22H2,1-2H3,(H,39,44). The van der Waals surface area contributed by atoms with Crippen molar-refractivity contribution < 1.29 is 23.2 Å². The maximum absolute atomic E-state index is 15.8. The molecule has 1 heterocycles. The zero-order valence-electron chi connectivity index (χ0n) is 24.6. The fourth-order valence-electron chi connectivity index (χ4n) is 5.74. The van der Waals surface area contributed by atoms with Crippen molar-refractivity contribution >= 4 is 40.3 Å². The number of benzene rings is 3. The molecule has 2 aliphatic rings. The number of rotatable bonds is 7. The smallest absolute Gasteiger partial charge is 0.275 e. The summed E-state index contributed by atoms with van der Waals surface area (Å²) < 4.78 is 31.7. The van der Waals surface area contributed by atoms with Gasteiger partial charge in [-0.25, -0.2) is 13.6 Å². The van der Waals surface area contributed by atoms with Crippen LogP contribution in [0.2, 0.25) is 0 Å². The molecule has 224 valence electrons. The number of amides is 2. The van der Waals surface area contributed by atoms with E-state index in [1.807, 2.05) is 12.1 Å². The predicted molar refractivity (Wildman–Crippen MR) is 170 cm³/mol. The zero-order chi connectivity index (χ0) is 31.3. The molecule has 0 aromatic heterocycles. The Kier molecular flexibility index (Phi) is 9.02. The van der Waals surface area contributed by atoms with Crippen molar-refractivity contribution in [1.29, 1.82) is 0 Å². The molecule has 0 radical (unpaired) electrons. The van der Waals surface area contributed by atoms with Gasteiger partial charge in [0.2, 0.25) is 5.91 Å². The van der Waals surface area contributed by atoms with Crippen LogP contribution in [0.25, 0.3) is 11.1 Å². The largest absolute Gasteiger partial charge is 0.359 e. The lowest BCUT2D eigenvalue weighted by Gasteiger charge is -2.35. The van der Waals surface area contributed by atoms with E-state index in [-0.39, 0.29) is 28.8 Å². The Bertz CT molecular complexity index is 1690. The first-order chi connectivity index (χ1) is 21.3. The van der Waals surface area contributed by atoms with Crippen molar-refractivity contribution in [3.8, 4) is 0 Å². The molecule has 0 saturated carbocycles. The molecule has 44 heavy (non-hydrogen) atoms. The van der Waals surface area contributed by atoms with Crippen molar-refractivity contribution in [3.05, 3.63) is 125 Å². The maximum Gasteiger partial charge on any atom is 0.275 e. The summed E-state index contributed by atoms with van der Waals surface area (Å²) in [5, 5.41) is 2.88. The molecule has 1 N–H and O–H groups in total. The van der Waals surface area contributed by atoms with Crippen molar-refractivity contribution in [1.82, 2.24) is 4.90 Å². The van der Waals surface area contributed by atoms with Gasteiger partial charge >= 0.3 is 0 Å². The first-order valence-electron chi connectivity index (χ1n) is 14.6. The van der Waals surface area contributed by atoms with Crippen LogP contribution in [0, 0.1) is 0 Å². The fraction of sp³-hybridized carbons (Fsp3) is 0.222. The van der Waals surface area contributed by atoms with Crippen molar-refractivity contribution in [2.75, 3.05) is 29.9 Å². The Hall–Kier alpha value is -5.07. The van der Waals surface area contributed by atoms with Gasteiger partial charge in [0, 0.05) is 65.8 Å². The lowest BCUT2D eigenvalue weighted by Crippen LogP contribution is -2.39. The second-order valence-corrected chi connectivity index (χ2v) is 10.5. The molecule has 0 fully saturated rings. The average Bonchev–Trinajstić information content (AvgIpc) is 3.15. The molecule has 1 aliphatic heterocycles. The van der Waals surface area contributed by atoms with Gasteiger partial charge in [0.25, 0.3) is 11.8 Å². The number of hydrogen-bond acceptors (Lipinski definition) is 4. The van der Waals surface area contributed by atoms with E-state index in [9.17, 15) is 14.4 Å². The Morgan fingerprint density at radius 1 is 0.977 bits per heavy atom. The number of allylic oxidation sites excluding steroid dienone is 1. The van der Waals surface area contributed by atoms with Crippen molar-refractivity contribution in [3.63, 3.8) is 0 Å². The first kappa shape index (κ1) is 30.4. The number of halogens is 2. The van der Waals surface area contributed by atoms with Crippen LogP contribution in [-0.2, 0) is 14.4 Å². The lowest BCUT2D eigenvalue weighted by atomic mass is 9.84. The quantitative estimate of drug-likeness (QED) is 0.249. The van der Waals surface area contributed by atoms with Gasteiger partial charge in [-0.1, -0.05) is 78.9 Å². The maximum atomic E-state index is 15.8. The van der Waals surface area contributed by atoms with Gasteiger partial charge in [-0.05, 0) is 37.6 Å². The average molecular weight is 594 g/mol. The molecule has 5 rings (SSSR count). The summed E-state index contributed by atoms with van der Waals surface area (Å²) >= 11 is 0. The molecular weight excluding hydrogens is 560 g/mol. The molecule has 1 atom stereocenters. The number of nitrogens with one attached hydrogen (secondary N) is 1. The second kappa shape index (κ2) is 13.1. The predicted octanol–water partition coefficient (Wildman–Crippen LogP) is 6.57. The van der Waals surface area contributed by atoms with E-state index in [0.717, 1.165) is 6.08 Å². The van der Waals surface area contributed by atoms with E-state index in [2.05, 4.69) is 11.3 Å². The van der Waals surface area contributed by atoms with Crippen LogP contribution in [0.3, 0.4) is 0 Å². The molecular formula is C36H33F2N3O3. The van der Waals surface area contributed by atoms with Gasteiger partial charge in [-0.2, -0.15) is 0 Å². The molecule has 8 heteroatoms. The fourth-order valence-corrected chi connectivity index (χ4v) is 5.74. The number of alkyl halides is 2. The van der Waals surface area contributed by atoms with Crippen molar-refractivity contribution in [2.24, 2.45) is 0 Å². The minimum Gasteiger partial charge on any atom is -0.359 e. The van der Waals surface area contributed by atoms with Gasteiger partial charge in [-0.15, -0.1) is 0 Å². The molecule has 0 spiro atoms. The number of carbonyl (C=O) groups excluding carboxylic acids is 3. The number of nitrogens with zero attached hydrogens (tertiary/aromatic N) is 2. The highest BCUT2D eigenvalue weighted by Gasteiger charge is 2.43. The topological polar surface area (TPSA) is 69.7 Å². The van der Waals surface area contributed by atoms with Crippen LogP contribution in [-0.4, -0.2) is 54.3 Å². The summed E-state index contributed by atoms with van der Waals surface area (Å²) in [7, 11) is 0. The SMILES string of the molecule is CCN(CC)C(=O)C=C1c2ccccc2N(C2C=CC(C(=O)Nc3ccccc3)=C(c3ccccc3)C2=C=O)CCC1(F)F. The van der Waals surface area contributed by atoms with E-state index in [1.165, 1.54) is 4.90 Å². The van der Waals surface area contributed by atoms with E-state index >= 15 is 8.78 Å². The van der Waals surface area contributed by atoms with E-state index in [1.54, 1.807) is 104 Å². The Morgan fingerprint density at radius 2 is 1.61 bits per heavy atom. The number of carbonyl (C=O) groups is 2. The van der Waals surface area contributed by atoms with Crippen LogP contribution in [0.15, 0.2) is 114 Å². The third-order valence-corrected chi connectivity index (χ3v) is 7.97. The zero-order valence-corrected chi connectivity index (χ0v) is 24.6. The van der Waals surface area contributed by atoms with Crippen LogP contribution in [0.5, 0.6) is 0 Å². The minimum absolute atomic E-state index is 0.116. The third kappa shape index (κ3) is 6.03.